The molecule has 0 saturated carbocycles. The van der Waals surface area contributed by atoms with Crippen LogP contribution >= 0.6 is 22.7 Å². The lowest BCUT2D eigenvalue weighted by Gasteiger charge is -2.11. The molecule has 0 atom stereocenters. The smallest absolute Gasteiger partial charge is 0.189 e. The van der Waals surface area contributed by atoms with E-state index in [4.69, 9.17) is 24.2 Å². The van der Waals surface area contributed by atoms with Crippen molar-refractivity contribution in [3.8, 4) is 39.8 Å². The summed E-state index contributed by atoms with van der Waals surface area (Å²) in [5, 5.41) is 7.09. The Morgan fingerprint density at radius 1 is 1.00 bits per heavy atom. The van der Waals surface area contributed by atoms with Gasteiger partial charge in [-0.2, -0.15) is 0 Å². The van der Waals surface area contributed by atoms with Gasteiger partial charge in [0, 0.05) is 27.8 Å². The average Bonchev–Trinajstić information content (AvgIpc) is 3.49. The molecule has 0 fully saturated rings. The van der Waals surface area contributed by atoms with Crippen molar-refractivity contribution in [2.45, 2.75) is 13.3 Å². The summed E-state index contributed by atoms with van der Waals surface area (Å²) < 4.78 is 16.5. The number of nitrogens with one attached hydrogen (secondary N) is 1. The van der Waals surface area contributed by atoms with Crippen molar-refractivity contribution in [3.05, 3.63) is 52.2 Å². The van der Waals surface area contributed by atoms with E-state index in [1.54, 1.807) is 36.9 Å². The minimum atomic E-state index is 0.590. The molecule has 31 heavy (non-hydrogen) atoms. The maximum atomic E-state index is 5.75. The van der Waals surface area contributed by atoms with Crippen molar-refractivity contribution in [1.29, 1.82) is 0 Å². The van der Waals surface area contributed by atoms with Crippen molar-refractivity contribution in [2.24, 2.45) is 0 Å². The summed E-state index contributed by atoms with van der Waals surface area (Å²) in [6.45, 7) is 2.56. The minimum Gasteiger partial charge on any atom is -0.497 e. The maximum Gasteiger partial charge on any atom is 0.189 e. The monoisotopic (exact) mass is 451 g/mol. The lowest BCUT2D eigenvalue weighted by molar-refractivity contribution is 0.311. The Hall–Kier alpha value is -3.10. The fraction of sp³-hybridized carbons (Fsp3) is 0.217. The van der Waals surface area contributed by atoms with Crippen LogP contribution in [0.2, 0.25) is 0 Å². The van der Waals surface area contributed by atoms with Crippen LogP contribution in [0.3, 0.4) is 0 Å². The van der Waals surface area contributed by atoms with Crippen LogP contribution in [0.25, 0.3) is 22.5 Å². The molecule has 0 spiro atoms. The highest BCUT2D eigenvalue weighted by atomic mass is 32.1. The van der Waals surface area contributed by atoms with Crippen LogP contribution in [0.4, 0.5) is 10.3 Å². The van der Waals surface area contributed by atoms with Crippen molar-refractivity contribution in [2.75, 3.05) is 26.1 Å². The van der Waals surface area contributed by atoms with Crippen LogP contribution < -0.4 is 19.5 Å². The van der Waals surface area contributed by atoms with Gasteiger partial charge in [-0.3, -0.25) is 0 Å². The Morgan fingerprint density at radius 3 is 2.58 bits per heavy atom. The molecule has 1 N–H and O–H groups in total. The van der Waals surface area contributed by atoms with Gasteiger partial charge in [-0.05, 0) is 48.9 Å². The van der Waals surface area contributed by atoms with E-state index >= 15 is 0 Å². The third kappa shape index (κ3) is 3.73. The number of hydrogen-bond acceptors (Lipinski definition) is 8. The van der Waals surface area contributed by atoms with Crippen LogP contribution in [-0.2, 0) is 6.42 Å². The summed E-state index contributed by atoms with van der Waals surface area (Å²) in [7, 11) is 3.33. The summed E-state index contributed by atoms with van der Waals surface area (Å²) >= 11 is 3.23. The molecule has 2 aromatic carbocycles. The molecular weight excluding hydrogens is 430 g/mol. The third-order valence-corrected chi connectivity index (χ3v) is 6.83. The van der Waals surface area contributed by atoms with Crippen molar-refractivity contribution in [3.63, 3.8) is 0 Å². The topological polar surface area (TPSA) is 65.5 Å². The molecule has 0 amide bonds. The summed E-state index contributed by atoms with van der Waals surface area (Å²) in [6.07, 6.45) is 0.849. The zero-order valence-corrected chi connectivity index (χ0v) is 19.0. The number of ether oxygens (including phenoxy) is 3. The van der Waals surface area contributed by atoms with Gasteiger partial charge < -0.3 is 19.5 Å². The van der Waals surface area contributed by atoms with E-state index in [0.717, 1.165) is 56.4 Å². The molecule has 6 nitrogen and oxygen atoms in total. The fourth-order valence-corrected chi connectivity index (χ4v) is 5.40. The number of thiazole rings is 2. The van der Waals surface area contributed by atoms with Crippen molar-refractivity contribution >= 4 is 32.9 Å². The molecule has 2 aromatic heterocycles. The number of anilines is 2. The van der Waals surface area contributed by atoms with Crippen LogP contribution in [0.15, 0.2) is 41.8 Å². The lowest BCUT2D eigenvalue weighted by atomic mass is 10.1. The van der Waals surface area contributed by atoms with Gasteiger partial charge >= 0.3 is 0 Å². The molecule has 0 aliphatic heterocycles. The summed E-state index contributed by atoms with van der Waals surface area (Å²) in [5.74, 6) is 2.35. The number of rotatable bonds is 7. The number of aromatic nitrogens is 2. The molecule has 2 heterocycles. The van der Waals surface area contributed by atoms with Gasteiger partial charge in [0.1, 0.15) is 5.75 Å². The van der Waals surface area contributed by atoms with E-state index in [2.05, 4.69) is 11.4 Å². The number of methoxy groups -OCH3 is 2. The Morgan fingerprint density at radius 2 is 1.84 bits per heavy atom. The highest BCUT2D eigenvalue weighted by Crippen LogP contribution is 2.46. The highest BCUT2D eigenvalue weighted by Gasteiger charge is 2.26. The largest absolute Gasteiger partial charge is 0.497 e. The van der Waals surface area contributed by atoms with Crippen LogP contribution in [0.5, 0.6) is 17.2 Å². The Kier molecular flexibility index (Phi) is 5.25. The molecular formula is C23H21N3O3S2. The number of hydrogen-bond donors (Lipinski definition) is 1. The maximum absolute atomic E-state index is 5.75. The summed E-state index contributed by atoms with van der Waals surface area (Å²) in [4.78, 5) is 10.8. The van der Waals surface area contributed by atoms with E-state index in [0.29, 0.717) is 6.61 Å². The number of fused-ring (bicyclic) bond motifs is 3. The highest BCUT2D eigenvalue weighted by molar-refractivity contribution is 7.17. The first-order valence-electron chi connectivity index (χ1n) is 9.89. The quantitative estimate of drug-likeness (QED) is 0.327. The van der Waals surface area contributed by atoms with E-state index < -0.39 is 0 Å². The molecule has 0 radical (unpaired) electrons. The second-order valence-electron chi connectivity index (χ2n) is 6.95. The predicted molar refractivity (Wildman–Crippen MR) is 125 cm³/mol. The van der Waals surface area contributed by atoms with Gasteiger partial charge in [-0.1, -0.05) is 0 Å². The predicted octanol–water partition coefficient (Wildman–Crippen LogP) is 6.00. The number of benzene rings is 2. The first-order valence-corrected chi connectivity index (χ1v) is 11.6. The molecule has 4 aromatic rings. The molecule has 0 unspecified atom stereocenters. The van der Waals surface area contributed by atoms with Crippen LogP contribution in [-0.4, -0.2) is 30.8 Å². The summed E-state index contributed by atoms with van der Waals surface area (Å²) in [5.41, 5.74) is 5.33. The fourth-order valence-electron chi connectivity index (χ4n) is 3.62. The standard InChI is InChI=1S/C23H21N3O3S2/c1-4-29-19-11-16-14(9-18(19)28-3)10-20-21(16)25-23(31-20)26-22-24-17(12-30-22)13-5-7-15(27-2)8-6-13/h5-9,11-12H,4,10H2,1-3H3,(H,24,25,26). The normalized spacial score (nSPS) is 11.7. The first-order chi connectivity index (χ1) is 15.2. The summed E-state index contributed by atoms with van der Waals surface area (Å²) in [6, 6.07) is 12.0. The Bertz CT molecular complexity index is 1230. The zero-order valence-electron chi connectivity index (χ0n) is 17.4. The lowest BCUT2D eigenvalue weighted by Crippen LogP contribution is -1.97. The van der Waals surface area contributed by atoms with Crippen molar-refractivity contribution < 1.29 is 14.2 Å². The van der Waals surface area contributed by atoms with Crippen LogP contribution in [0.1, 0.15) is 17.4 Å². The Balaban J connectivity index is 1.38. The van der Waals surface area contributed by atoms with Gasteiger partial charge in [0.2, 0.25) is 0 Å². The zero-order chi connectivity index (χ0) is 21.4. The van der Waals surface area contributed by atoms with Gasteiger partial charge in [-0.15, -0.1) is 22.7 Å². The molecule has 0 saturated heterocycles. The van der Waals surface area contributed by atoms with Crippen molar-refractivity contribution in [1.82, 2.24) is 9.97 Å². The SMILES string of the molecule is CCOc1cc2c(cc1OC)Cc1sc(Nc3nc(-c4ccc(OC)cc4)cs3)nc1-2. The minimum absolute atomic E-state index is 0.590. The molecule has 0 bridgehead atoms. The molecule has 8 heteroatoms. The second kappa shape index (κ2) is 8.20. The molecule has 158 valence electrons. The Labute approximate surface area is 188 Å². The van der Waals surface area contributed by atoms with Gasteiger partial charge in [-0.25, -0.2) is 9.97 Å². The number of nitrogens with zero attached hydrogens (tertiary/aromatic N) is 2. The molecule has 1 aliphatic carbocycles. The first kappa shape index (κ1) is 19.8. The molecule has 1 aliphatic rings. The van der Waals surface area contributed by atoms with Gasteiger partial charge in [0.05, 0.1) is 32.2 Å². The average molecular weight is 452 g/mol. The second-order valence-corrected chi connectivity index (χ2v) is 8.89. The van der Waals surface area contributed by atoms with E-state index in [1.165, 1.54) is 10.4 Å². The van der Waals surface area contributed by atoms with E-state index in [-0.39, 0.29) is 0 Å². The molecule has 5 rings (SSSR count). The van der Waals surface area contributed by atoms with E-state index in [1.807, 2.05) is 42.6 Å². The van der Waals surface area contributed by atoms with Crippen LogP contribution in [0, 0.1) is 0 Å². The van der Waals surface area contributed by atoms with Gasteiger partial charge in [0.15, 0.2) is 21.8 Å². The van der Waals surface area contributed by atoms with Gasteiger partial charge in [0.25, 0.3) is 0 Å². The van der Waals surface area contributed by atoms with E-state index in [9.17, 15) is 0 Å². The third-order valence-electron chi connectivity index (χ3n) is 5.10.